The Morgan fingerprint density at radius 3 is 2.92 bits per heavy atom. The minimum atomic E-state index is -0.342. The summed E-state index contributed by atoms with van der Waals surface area (Å²) < 4.78 is 14.3. The second kappa shape index (κ2) is 3.16. The first-order valence-corrected chi connectivity index (χ1v) is 5.10. The van der Waals surface area contributed by atoms with Gasteiger partial charge in [0.25, 0.3) is 0 Å². The van der Waals surface area contributed by atoms with Crippen LogP contribution in [0.5, 0.6) is 0 Å². The second-order valence-corrected chi connectivity index (χ2v) is 4.16. The molecule has 1 nitrogen and oxygen atoms in total. The number of fused-ring (bicyclic) bond motifs is 1. The Morgan fingerprint density at radius 1 is 1.46 bits per heavy atom. The van der Waals surface area contributed by atoms with E-state index in [1.165, 1.54) is 11.3 Å². The van der Waals surface area contributed by atoms with Crippen molar-refractivity contribution in [2.45, 2.75) is 5.88 Å². The van der Waals surface area contributed by atoms with Gasteiger partial charge in [-0.2, -0.15) is 0 Å². The van der Waals surface area contributed by atoms with Crippen LogP contribution < -0.4 is 5.73 Å². The summed E-state index contributed by atoms with van der Waals surface area (Å²) >= 11 is 7.14. The van der Waals surface area contributed by atoms with E-state index in [0.717, 1.165) is 9.58 Å². The van der Waals surface area contributed by atoms with Crippen molar-refractivity contribution in [2.24, 2.45) is 0 Å². The second-order valence-electron chi connectivity index (χ2n) is 2.73. The van der Waals surface area contributed by atoms with E-state index in [9.17, 15) is 4.39 Å². The summed E-state index contributed by atoms with van der Waals surface area (Å²) in [4.78, 5) is 0.959. The average molecular weight is 216 g/mol. The highest BCUT2D eigenvalue weighted by Gasteiger charge is 2.07. The maximum atomic E-state index is 13.4. The van der Waals surface area contributed by atoms with Crippen molar-refractivity contribution in [1.82, 2.24) is 0 Å². The Morgan fingerprint density at radius 2 is 2.23 bits per heavy atom. The monoisotopic (exact) mass is 215 g/mol. The van der Waals surface area contributed by atoms with Gasteiger partial charge < -0.3 is 5.73 Å². The molecule has 2 rings (SSSR count). The fourth-order valence-electron chi connectivity index (χ4n) is 1.21. The highest BCUT2D eigenvalue weighted by atomic mass is 35.5. The Hall–Kier alpha value is -0.800. The molecular weight excluding hydrogens is 209 g/mol. The van der Waals surface area contributed by atoms with Gasteiger partial charge in [0.15, 0.2) is 5.82 Å². The molecule has 0 unspecified atom stereocenters. The van der Waals surface area contributed by atoms with Crippen LogP contribution in [-0.4, -0.2) is 0 Å². The van der Waals surface area contributed by atoms with Crippen LogP contribution in [0, 0.1) is 5.82 Å². The molecule has 68 valence electrons. The third kappa shape index (κ3) is 1.38. The van der Waals surface area contributed by atoms with Gasteiger partial charge in [0, 0.05) is 15.0 Å². The highest BCUT2D eigenvalue weighted by molar-refractivity contribution is 7.19. The quantitative estimate of drug-likeness (QED) is 0.573. The fraction of sp³-hybridized carbons (Fsp3) is 0.111. The number of alkyl halides is 1. The lowest BCUT2D eigenvalue weighted by Crippen LogP contribution is -1.88. The van der Waals surface area contributed by atoms with Gasteiger partial charge >= 0.3 is 0 Å². The normalized spacial score (nSPS) is 10.9. The summed E-state index contributed by atoms with van der Waals surface area (Å²) in [5, 5.41) is 0.570. The van der Waals surface area contributed by atoms with Crippen LogP contribution in [0.15, 0.2) is 18.2 Å². The number of rotatable bonds is 1. The van der Waals surface area contributed by atoms with Crippen LogP contribution in [0.2, 0.25) is 0 Å². The van der Waals surface area contributed by atoms with Crippen molar-refractivity contribution < 1.29 is 4.39 Å². The van der Waals surface area contributed by atoms with Gasteiger partial charge in [-0.05, 0) is 18.2 Å². The number of hydrogen-bond donors (Lipinski definition) is 1. The number of hydrogen-bond acceptors (Lipinski definition) is 2. The third-order valence-corrected chi connectivity index (χ3v) is 3.39. The largest absolute Gasteiger partial charge is 0.396 e. The molecular formula is C9H7ClFNS. The lowest BCUT2D eigenvalue weighted by atomic mass is 10.2. The molecule has 2 aromatic rings. The van der Waals surface area contributed by atoms with Crippen molar-refractivity contribution in [3.63, 3.8) is 0 Å². The lowest BCUT2D eigenvalue weighted by molar-refractivity contribution is 0.644. The van der Waals surface area contributed by atoms with Crippen molar-refractivity contribution in [3.8, 4) is 0 Å². The fourth-order valence-corrected chi connectivity index (χ4v) is 2.36. The number of thiophene rings is 1. The van der Waals surface area contributed by atoms with Crippen LogP contribution in [0.1, 0.15) is 4.88 Å². The molecule has 0 fully saturated rings. The summed E-state index contributed by atoms with van der Waals surface area (Å²) in [6.45, 7) is 0. The van der Waals surface area contributed by atoms with Crippen molar-refractivity contribution in [1.29, 1.82) is 0 Å². The molecule has 0 saturated carbocycles. The molecule has 0 atom stereocenters. The Balaban J connectivity index is 2.76. The molecule has 0 aliphatic carbocycles. The molecule has 1 aromatic heterocycles. The molecule has 4 heteroatoms. The molecule has 13 heavy (non-hydrogen) atoms. The smallest absolute Gasteiger partial charge is 0.154 e. The molecule has 1 aromatic carbocycles. The number of anilines is 1. The van der Waals surface area contributed by atoms with E-state index in [0.29, 0.717) is 11.3 Å². The number of nitrogen functional groups attached to an aromatic ring is 1. The predicted molar refractivity (Wildman–Crippen MR) is 55.8 cm³/mol. The van der Waals surface area contributed by atoms with Crippen LogP contribution in [0.4, 0.5) is 10.1 Å². The Kier molecular flexibility index (Phi) is 2.14. The van der Waals surface area contributed by atoms with Crippen LogP contribution in [0.3, 0.4) is 0 Å². The van der Waals surface area contributed by atoms with E-state index in [1.54, 1.807) is 12.1 Å². The van der Waals surface area contributed by atoms with Crippen molar-refractivity contribution in [3.05, 3.63) is 28.9 Å². The minimum absolute atomic E-state index is 0.187. The number of nitrogens with two attached hydrogens (primary N) is 1. The van der Waals surface area contributed by atoms with Gasteiger partial charge in [0.1, 0.15) is 0 Å². The molecule has 0 bridgehead atoms. The first kappa shape index (κ1) is 8.78. The molecule has 0 spiro atoms. The van der Waals surface area contributed by atoms with Gasteiger partial charge in [0.05, 0.1) is 11.6 Å². The summed E-state index contributed by atoms with van der Waals surface area (Å²) in [7, 11) is 0. The lowest BCUT2D eigenvalue weighted by Gasteiger charge is -1.95. The summed E-state index contributed by atoms with van der Waals surface area (Å²) in [6.07, 6.45) is 0. The molecule has 0 aliphatic rings. The molecule has 1 heterocycles. The number of benzene rings is 1. The van der Waals surface area contributed by atoms with E-state index in [4.69, 9.17) is 17.3 Å². The SMILES string of the molecule is Nc1ccc2sc(CCl)cc2c1F. The van der Waals surface area contributed by atoms with Crippen LogP contribution in [0.25, 0.3) is 10.1 Å². The minimum Gasteiger partial charge on any atom is -0.396 e. The van der Waals surface area contributed by atoms with E-state index < -0.39 is 0 Å². The zero-order valence-corrected chi connectivity index (χ0v) is 8.25. The maximum absolute atomic E-state index is 13.4. The van der Waals surface area contributed by atoms with Gasteiger partial charge in [-0.1, -0.05) is 0 Å². The van der Waals surface area contributed by atoms with Crippen LogP contribution >= 0.6 is 22.9 Å². The van der Waals surface area contributed by atoms with Gasteiger partial charge in [-0.15, -0.1) is 22.9 Å². The summed E-state index contributed by atoms with van der Waals surface area (Å²) in [5.41, 5.74) is 5.62. The van der Waals surface area contributed by atoms with Crippen LogP contribution in [-0.2, 0) is 5.88 Å². The van der Waals surface area contributed by atoms with E-state index in [-0.39, 0.29) is 11.5 Å². The standard InChI is InChI=1S/C9H7ClFNS/c10-4-5-3-6-8(13-5)2-1-7(12)9(6)11/h1-3H,4,12H2. The van der Waals surface area contributed by atoms with Crippen molar-refractivity contribution >= 4 is 38.7 Å². The zero-order valence-electron chi connectivity index (χ0n) is 6.68. The first-order chi connectivity index (χ1) is 6.22. The van der Waals surface area contributed by atoms with Crippen molar-refractivity contribution in [2.75, 3.05) is 5.73 Å². The molecule has 0 amide bonds. The van der Waals surface area contributed by atoms with E-state index >= 15 is 0 Å². The molecule has 0 radical (unpaired) electrons. The summed E-state index contributed by atoms with van der Waals surface area (Å²) in [6, 6.07) is 5.14. The zero-order chi connectivity index (χ0) is 9.42. The molecule has 0 saturated heterocycles. The van der Waals surface area contributed by atoms with Gasteiger partial charge in [-0.25, -0.2) is 4.39 Å². The summed E-state index contributed by atoms with van der Waals surface area (Å²) in [5.74, 6) is 0.0729. The van der Waals surface area contributed by atoms with E-state index in [1.807, 2.05) is 6.07 Å². The molecule has 0 aliphatic heterocycles. The Labute approximate surface area is 83.9 Å². The van der Waals surface area contributed by atoms with Gasteiger partial charge in [0.2, 0.25) is 0 Å². The average Bonchev–Trinajstić information content (AvgIpc) is 2.55. The highest BCUT2D eigenvalue weighted by Crippen LogP contribution is 2.30. The topological polar surface area (TPSA) is 26.0 Å². The van der Waals surface area contributed by atoms with E-state index in [2.05, 4.69) is 0 Å². The maximum Gasteiger partial charge on any atom is 0.154 e. The van der Waals surface area contributed by atoms with Gasteiger partial charge in [-0.3, -0.25) is 0 Å². The Bertz CT molecular complexity index is 452. The third-order valence-electron chi connectivity index (χ3n) is 1.85. The first-order valence-electron chi connectivity index (χ1n) is 3.74. The predicted octanol–water partition coefficient (Wildman–Crippen LogP) is 3.36. The number of halogens is 2. The molecule has 2 N–H and O–H groups in total.